The van der Waals surface area contributed by atoms with Crippen LogP contribution in [-0.4, -0.2) is 56.5 Å². The van der Waals surface area contributed by atoms with Crippen LogP contribution >= 0.6 is 11.8 Å². The molecule has 24 heavy (non-hydrogen) atoms. The second-order valence-corrected chi connectivity index (χ2v) is 7.38. The highest BCUT2D eigenvalue weighted by atomic mass is 32.2. The second-order valence-electron chi connectivity index (χ2n) is 5.97. The molecule has 1 atom stereocenters. The molecular weight excluding hydrogens is 324 g/mol. The number of hydrogen-bond donors (Lipinski definition) is 1. The van der Waals surface area contributed by atoms with Gasteiger partial charge in [0.2, 0.25) is 5.91 Å². The summed E-state index contributed by atoms with van der Waals surface area (Å²) >= 11 is 1.53. The maximum absolute atomic E-state index is 12.2. The number of thioether (sulfide) groups is 1. The van der Waals surface area contributed by atoms with Crippen molar-refractivity contribution in [3.63, 3.8) is 0 Å². The van der Waals surface area contributed by atoms with E-state index in [2.05, 4.69) is 10.2 Å². The van der Waals surface area contributed by atoms with Gasteiger partial charge in [-0.15, -0.1) is 11.8 Å². The summed E-state index contributed by atoms with van der Waals surface area (Å²) in [5, 5.41) is 2.89. The fourth-order valence-corrected chi connectivity index (χ4v) is 3.73. The summed E-state index contributed by atoms with van der Waals surface area (Å²) < 4.78 is 10.5. The molecule has 1 aromatic carbocycles. The molecule has 0 aliphatic carbocycles. The molecule has 0 bridgehead atoms. The van der Waals surface area contributed by atoms with Crippen molar-refractivity contribution in [2.24, 2.45) is 0 Å². The van der Waals surface area contributed by atoms with Gasteiger partial charge in [-0.2, -0.15) is 0 Å². The molecule has 0 spiro atoms. The van der Waals surface area contributed by atoms with Crippen molar-refractivity contribution < 1.29 is 14.3 Å². The molecule has 1 saturated heterocycles. The van der Waals surface area contributed by atoms with Crippen LogP contribution in [0.1, 0.15) is 26.2 Å². The summed E-state index contributed by atoms with van der Waals surface area (Å²) in [7, 11) is 3.23. The predicted octanol–water partition coefficient (Wildman–Crippen LogP) is 2.79. The predicted molar refractivity (Wildman–Crippen MR) is 98.2 cm³/mol. The van der Waals surface area contributed by atoms with E-state index in [0.29, 0.717) is 11.5 Å². The van der Waals surface area contributed by atoms with Crippen LogP contribution in [0, 0.1) is 0 Å². The van der Waals surface area contributed by atoms with Gasteiger partial charge < -0.3 is 19.7 Å². The van der Waals surface area contributed by atoms with Crippen molar-refractivity contribution >= 4 is 17.7 Å². The number of benzene rings is 1. The zero-order valence-electron chi connectivity index (χ0n) is 14.8. The van der Waals surface area contributed by atoms with Crippen LogP contribution in [0.5, 0.6) is 11.5 Å². The Balaban J connectivity index is 1.74. The lowest BCUT2D eigenvalue weighted by Crippen LogP contribution is -2.33. The third-order valence-electron chi connectivity index (χ3n) is 4.19. The minimum absolute atomic E-state index is 0.0798. The van der Waals surface area contributed by atoms with E-state index in [1.807, 2.05) is 25.1 Å². The maximum Gasteiger partial charge on any atom is 0.233 e. The largest absolute Gasteiger partial charge is 0.493 e. The van der Waals surface area contributed by atoms with E-state index in [1.165, 1.54) is 37.7 Å². The normalized spacial score (nSPS) is 16.0. The van der Waals surface area contributed by atoms with Gasteiger partial charge >= 0.3 is 0 Å². The van der Waals surface area contributed by atoms with Crippen molar-refractivity contribution in [2.45, 2.75) is 36.3 Å². The van der Waals surface area contributed by atoms with Crippen molar-refractivity contribution in [1.29, 1.82) is 0 Å². The summed E-state index contributed by atoms with van der Waals surface area (Å²) in [5.41, 5.74) is 0. The molecular formula is C18H28N2O3S. The van der Waals surface area contributed by atoms with E-state index >= 15 is 0 Å². The molecule has 6 heteroatoms. The van der Waals surface area contributed by atoms with E-state index in [4.69, 9.17) is 9.47 Å². The van der Waals surface area contributed by atoms with Crippen LogP contribution in [-0.2, 0) is 4.79 Å². The molecule has 2 rings (SSSR count). The molecule has 1 aliphatic heterocycles. The van der Waals surface area contributed by atoms with Gasteiger partial charge in [-0.1, -0.05) is 0 Å². The lowest BCUT2D eigenvalue weighted by Gasteiger charge is -2.16. The number of methoxy groups -OCH3 is 2. The Kier molecular flexibility index (Phi) is 7.72. The number of nitrogens with zero attached hydrogens (tertiary/aromatic N) is 1. The number of amides is 1. The third kappa shape index (κ3) is 5.60. The van der Waals surface area contributed by atoms with E-state index in [9.17, 15) is 4.79 Å². The van der Waals surface area contributed by atoms with Gasteiger partial charge in [0.05, 0.1) is 19.5 Å². The van der Waals surface area contributed by atoms with Crippen LogP contribution in [0.4, 0.5) is 0 Å². The summed E-state index contributed by atoms with van der Waals surface area (Å²) in [6, 6.07) is 5.71. The number of carbonyl (C=O) groups excluding carboxylic acids is 1. The average molecular weight is 353 g/mol. The SMILES string of the molecule is COc1ccc(S[C@H](C)C(=O)NCCCN2CCCC2)cc1OC. The number of carbonyl (C=O) groups is 1. The Morgan fingerprint density at radius 3 is 2.62 bits per heavy atom. The Morgan fingerprint density at radius 2 is 1.96 bits per heavy atom. The van der Waals surface area contributed by atoms with Gasteiger partial charge in [0.15, 0.2) is 11.5 Å². The first-order valence-corrected chi connectivity index (χ1v) is 9.40. The van der Waals surface area contributed by atoms with Gasteiger partial charge in [0, 0.05) is 11.4 Å². The minimum Gasteiger partial charge on any atom is -0.493 e. The first-order chi connectivity index (χ1) is 11.6. The molecule has 5 nitrogen and oxygen atoms in total. The van der Waals surface area contributed by atoms with Gasteiger partial charge in [-0.3, -0.25) is 4.79 Å². The lowest BCUT2D eigenvalue weighted by atomic mass is 10.3. The molecule has 1 aliphatic rings. The fourth-order valence-electron chi connectivity index (χ4n) is 2.81. The van der Waals surface area contributed by atoms with Crippen LogP contribution in [0.3, 0.4) is 0 Å². The van der Waals surface area contributed by atoms with E-state index in [-0.39, 0.29) is 11.2 Å². The zero-order chi connectivity index (χ0) is 17.4. The molecule has 134 valence electrons. The summed E-state index contributed by atoms with van der Waals surface area (Å²) in [6.45, 7) is 6.17. The molecule has 0 saturated carbocycles. The Labute approximate surface area is 149 Å². The maximum atomic E-state index is 12.2. The smallest absolute Gasteiger partial charge is 0.233 e. The highest BCUT2D eigenvalue weighted by molar-refractivity contribution is 8.00. The van der Waals surface area contributed by atoms with E-state index in [1.54, 1.807) is 14.2 Å². The lowest BCUT2D eigenvalue weighted by molar-refractivity contribution is -0.120. The monoisotopic (exact) mass is 352 g/mol. The first-order valence-electron chi connectivity index (χ1n) is 8.52. The van der Waals surface area contributed by atoms with Crippen molar-refractivity contribution in [1.82, 2.24) is 10.2 Å². The minimum atomic E-state index is -0.144. The second kappa shape index (κ2) is 9.79. The molecule has 0 radical (unpaired) electrons. The zero-order valence-corrected chi connectivity index (χ0v) is 15.7. The summed E-state index contributed by atoms with van der Waals surface area (Å²) in [4.78, 5) is 15.7. The quantitative estimate of drug-likeness (QED) is 0.547. The molecule has 1 heterocycles. The van der Waals surface area contributed by atoms with Gasteiger partial charge in [0.1, 0.15) is 0 Å². The fraction of sp³-hybridized carbons (Fsp3) is 0.611. The molecule has 1 fully saturated rings. The molecule has 0 unspecified atom stereocenters. The number of ether oxygens (including phenoxy) is 2. The number of hydrogen-bond acceptors (Lipinski definition) is 5. The third-order valence-corrected chi connectivity index (χ3v) is 5.28. The van der Waals surface area contributed by atoms with Crippen LogP contribution in [0.2, 0.25) is 0 Å². The van der Waals surface area contributed by atoms with Crippen molar-refractivity contribution in [2.75, 3.05) is 40.4 Å². The van der Waals surface area contributed by atoms with Crippen LogP contribution < -0.4 is 14.8 Å². The van der Waals surface area contributed by atoms with Gasteiger partial charge in [-0.05, 0) is 64.0 Å². The number of rotatable bonds is 9. The van der Waals surface area contributed by atoms with Crippen molar-refractivity contribution in [3.8, 4) is 11.5 Å². The molecule has 1 aromatic rings. The number of nitrogens with one attached hydrogen (secondary N) is 1. The van der Waals surface area contributed by atoms with Crippen LogP contribution in [0.15, 0.2) is 23.1 Å². The topological polar surface area (TPSA) is 50.8 Å². The van der Waals surface area contributed by atoms with Gasteiger partial charge in [0.25, 0.3) is 0 Å². The van der Waals surface area contributed by atoms with Crippen LogP contribution in [0.25, 0.3) is 0 Å². The number of likely N-dealkylation sites (tertiary alicyclic amines) is 1. The molecule has 1 amide bonds. The average Bonchev–Trinajstić information content (AvgIpc) is 3.11. The van der Waals surface area contributed by atoms with Gasteiger partial charge in [-0.25, -0.2) is 0 Å². The first kappa shape index (κ1) is 18.9. The standard InChI is InChI=1S/C18H28N2O3S/c1-14(18(21)19-9-6-12-20-10-4-5-11-20)24-15-7-8-16(22-2)17(13-15)23-3/h7-8,13-14H,4-6,9-12H2,1-3H3,(H,19,21)/t14-/m1/s1. The Morgan fingerprint density at radius 1 is 1.25 bits per heavy atom. The highest BCUT2D eigenvalue weighted by Gasteiger charge is 2.16. The highest BCUT2D eigenvalue weighted by Crippen LogP contribution is 2.33. The Hall–Kier alpha value is -1.40. The Bertz CT molecular complexity index is 533. The van der Waals surface area contributed by atoms with Crippen molar-refractivity contribution in [3.05, 3.63) is 18.2 Å². The van der Waals surface area contributed by atoms with E-state index in [0.717, 1.165) is 24.4 Å². The summed E-state index contributed by atoms with van der Waals surface area (Å²) in [5.74, 6) is 1.46. The summed E-state index contributed by atoms with van der Waals surface area (Å²) in [6.07, 6.45) is 3.64. The molecule has 0 aromatic heterocycles. The van der Waals surface area contributed by atoms with E-state index < -0.39 is 0 Å². The molecule has 1 N–H and O–H groups in total.